The SMILES string of the molecule is Clc1cc(Br)ccc1CN1CCNCC1c1ccncc1. The molecule has 1 unspecified atom stereocenters. The largest absolute Gasteiger partial charge is 0.314 e. The molecular formula is C16H17BrClN3. The Labute approximate surface area is 138 Å². The molecule has 3 nitrogen and oxygen atoms in total. The van der Waals surface area contributed by atoms with E-state index in [1.54, 1.807) is 0 Å². The number of nitrogens with zero attached hydrogens (tertiary/aromatic N) is 2. The van der Waals surface area contributed by atoms with Crippen molar-refractivity contribution < 1.29 is 0 Å². The molecule has 1 atom stereocenters. The van der Waals surface area contributed by atoms with E-state index in [1.165, 1.54) is 11.1 Å². The summed E-state index contributed by atoms with van der Waals surface area (Å²) in [6.45, 7) is 3.84. The summed E-state index contributed by atoms with van der Waals surface area (Å²) in [6.07, 6.45) is 3.71. The van der Waals surface area contributed by atoms with E-state index in [4.69, 9.17) is 11.6 Å². The van der Waals surface area contributed by atoms with Crippen LogP contribution >= 0.6 is 27.5 Å². The van der Waals surface area contributed by atoms with Crippen LogP contribution in [-0.2, 0) is 6.54 Å². The van der Waals surface area contributed by atoms with Gasteiger partial charge in [0.15, 0.2) is 0 Å². The predicted molar refractivity (Wildman–Crippen MR) is 89.4 cm³/mol. The Morgan fingerprint density at radius 1 is 1.29 bits per heavy atom. The second-order valence-corrected chi connectivity index (χ2v) is 6.53. The lowest BCUT2D eigenvalue weighted by Gasteiger charge is -2.36. The number of halogens is 2. The molecule has 0 amide bonds. The van der Waals surface area contributed by atoms with Gasteiger partial charge in [0.05, 0.1) is 0 Å². The van der Waals surface area contributed by atoms with Gasteiger partial charge in [0, 0.05) is 54.1 Å². The average Bonchev–Trinajstić information content (AvgIpc) is 2.51. The molecule has 1 fully saturated rings. The van der Waals surface area contributed by atoms with Crippen molar-refractivity contribution in [3.05, 3.63) is 63.3 Å². The fraction of sp³-hybridized carbons (Fsp3) is 0.312. The van der Waals surface area contributed by atoms with Gasteiger partial charge in [-0.3, -0.25) is 9.88 Å². The van der Waals surface area contributed by atoms with Gasteiger partial charge in [-0.15, -0.1) is 0 Å². The molecule has 3 rings (SSSR count). The number of rotatable bonds is 3. The van der Waals surface area contributed by atoms with E-state index >= 15 is 0 Å². The topological polar surface area (TPSA) is 28.2 Å². The van der Waals surface area contributed by atoms with Gasteiger partial charge >= 0.3 is 0 Å². The zero-order chi connectivity index (χ0) is 14.7. The summed E-state index contributed by atoms with van der Waals surface area (Å²) >= 11 is 9.82. The van der Waals surface area contributed by atoms with Crippen molar-refractivity contribution in [1.82, 2.24) is 15.2 Å². The minimum atomic E-state index is 0.362. The number of piperazine rings is 1. The maximum Gasteiger partial charge on any atom is 0.0477 e. The van der Waals surface area contributed by atoms with E-state index in [1.807, 2.05) is 24.5 Å². The molecule has 1 aliphatic rings. The molecule has 0 aliphatic carbocycles. The smallest absolute Gasteiger partial charge is 0.0477 e. The Morgan fingerprint density at radius 3 is 2.86 bits per heavy atom. The molecule has 1 aromatic carbocycles. The van der Waals surface area contributed by atoms with Gasteiger partial charge in [0.2, 0.25) is 0 Å². The molecule has 0 saturated carbocycles. The number of pyridine rings is 1. The number of aromatic nitrogens is 1. The van der Waals surface area contributed by atoms with Crippen molar-refractivity contribution in [3.63, 3.8) is 0 Å². The minimum absolute atomic E-state index is 0.362. The Bertz CT molecular complexity index is 606. The first-order valence-electron chi connectivity index (χ1n) is 7.02. The van der Waals surface area contributed by atoms with Crippen molar-refractivity contribution in [3.8, 4) is 0 Å². The summed E-state index contributed by atoms with van der Waals surface area (Å²) in [5.74, 6) is 0. The third-order valence-corrected chi connectivity index (χ3v) is 4.68. The van der Waals surface area contributed by atoms with Gasteiger partial charge in [-0.25, -0.2) is 0 Å². The van der Waals surface area contributed by atoms with Crippen LogP contribution in [-0.4, -0.2) is 29.5 Å². The number of hydrogen-bond donors (Lipinski definition) is 1. The molecule has 5 heteroatoms. The van der Waals surface area contributed by atoms with Crippen LogP contribution in [0.3, 0.4) is 0 Å². The van der Waals surface area contributed by atoms with E-state index in [9.17, 15) is 0 Å². The van der Waals surface area contributed by atoms with Crippen molar-refractivity contribution in [2.75, 3.05) is 19.6 Å². The van der Waals surface area contributed by atoms with Crippen molar-refractivity contribution in [2.45, 2.75) is 12.6 Å². The highest BCUT2D eigenvalue weighted by atomic mass is 79.9. The number of benzene rings is 1. The molecule has 0 radical (unpaired) electrons. The quantitative estimate of drug-likeness (QED) is 0.899. The van der Waals surface area contributed by atoms with Crippen LogP contribution in [0.2, 0.25) is 5.02 Å². The van der Waals surface area contributed by atoms with Gasteiger partial charge in [0.1, 0.15) is 0 Å². The van der Waals surface area contributed by atoms with E-state index < -0.39 is 0 Å². The van der Waals surface area contributed by atoms with Gasteiger partial charge in [-0.05, 0) is 35.4 Å². The molecule has 0 bridgehead atoms. The summed E-state index contributed by atoms with van der Waals surface area (Å²) in [5, 5.41) is 4.29. The van der Waals surface area contributed by atoms with E-state index in [-0.39, 0.29) is 0 Å². The summed E-state index contributed by atoms with van der Waals surface area (Å²) in [5.41, 5.74) is 2.46. The van der Waals surface area contributed by atoms with Crippen LogP contribution < -0.4 is 5.32 Å². The minimum Gasteiger partial charge on any atom is -0.314 e. The third-order valence-electron chi connectivity index (χ3n) is 3.83. The second kappa shape index (κ2) is 6.88. The summed E-state index contributed by atoms with van der Waals surface area (Å²) in [6, 6.07) is 10.6. The zero-order valence-corrected chi connectivity index (χ0v) is 13.9. The van der Waals surface area contributed by atoms with E-state index in [0.717, 1.165) is 35.7 Å². The summed E-state index contributed by atoms with van der Waals surface area (Å²) < 4.78 is 1.02. The van der Waals surface area contributed by atoms with Gasteiger partial charge in [-0.1, -0.05) is 33.6 Å². The molecule has 1 aliphatic heterocycles. The van der Waals surface area contributed by atoms with Crippen LogP contribution in [0.25, 0.3) is 0 Å². The van der Waals surface area contributed by atoms with Crippen molar-refractivity contribution >= 4 is 27.5 Å². The van der Waals surface area contributed by atoms with Gasteiger partial charge in [0.25, 0.3) is 0 Å². The Morgan fingerprint density at radius 2 is 2.10 bits per heavy atom. The van der Waals surface area contributed by atoms with Gasteiger partial charge < -0.3 is 5.32 Å². The lowest BCUT2D eigenvalue weighted by Crippen LogP contribution is -2.45. The molecule has 110 valence electrons. The third kappa shape index (κ3) is 3.64. The first-order valence-corrected chi connectivity index (χ1v) is 8.20. The monoisotopic (exact) mass is 365 g/mol. The normalized spacial score (nSPS) is 19.6. The zero-order valence-electron chi connectivity index (χ0n) is 11.6. The highest BCUT2D eigenvalue weighted by Gasteiger charge is 2.24. The molecule has 2 aromatic rings. The molecule has 0 spiro atoms. The Hall–Kier alpha value is -0.940. The predicted octanol–water partition coefficient (Wildman–Crippen LogP) is 3.64. The van der Waals surface area contributed by atoms with Crippen LogP contribution in [0.5, 0.6) is 0 Å². The van der Waals surface area contributed by atoms with E-state index in [2.05, 4.69) is 49.3 Å². The molecule has 2 heterocycles. The van der Waals surface area contributed by atoms with E-state index in [0.29, 0.717) is 6.04 Å². The molecule has 21 heavy (non-hydrogen) atoms. The van der Waals surface area contributed by atoms with Crippen LogP contribution in [0, 0.1) is 0 Å². The molecule has 1 saturated heterocycles. The molecule has 1 aromatic heterocycles. The highest BCUT2D eigenvalue weighted by molar-refractivity contribution is 9.10. The maximum atomic E-state index is 6.36. The number of hydrogen-bond acceptors (Lipinski definition) is 3. The summed E-state index contributed by atoms with van der Waals surface area (Å²) in [7, 11) is 0. The molecular weight excluding hydrogens is 350 g/mol. The Kier molecular flexibility index (Phi) is 4.91. The number of nitrogens with one attached hydrogen (secondary N) is 1. The molecule has 1 N–H and O–H groups in total. The van der Waals surface area contributed by atoms with Crippen LogP contribution in [0.4, 0.5) is 0 Å². The van der Waals surface area contributed by atoms with Crippen LogP contribution in [0.15, 0.2) is 47.2 Å². The lowest BCUT2D eigenvalue weighted by molar-refractivity contribution is 0.153. The van der Waals surface area contributed by atoms with Gasteiger partial charge in [-0.2, -0.15) is 0 Å². The van der Waals surface area contributed by atoms with Crippen molar-refractivity contribution in [1.29, 1.82) is 0 Å². The Balaban J connectivity index is 1.81. The second-order valence-electron chi connectivity index (χ2n) is 5.21. The maximum absolute atomic E-state index is 6.36. The fourth-order valence-electron chi connectivity index (χ4n) is 2.72. The standard InChI is InChI=1S/C16H17BrClN3/c17-14-2-1-13(15(18)9-14)11-21-8-7-20-10-16(21)12-3-5-19-6-4-12/h1-6,9,16,20H,7-8,10-11H2. The first-order chi connectivity index (χ1) is 10.2. The highest BCUT2D eigenvalue weighted by Crippen LogP contribution is 2.27. The van der Waals surface area contributed by atoms with Crippen LogP contribution in [0.1, 0.15) is 17.2 Å². The van der Waals surface area contributed by atoms with Crippen molar-refractivity contribution in [2.24, 2.45) is 0 Å². The first kappa shape index (κ1) is 15.0. The fourth-order valence-corrected chi connectivity index (χ4v) is 3.45. The lowest BCUT2D eigenvalue weighted by atomic mass is 10.0. The average molecular weight is 367 g/mol. The summed E-state index contributed by atoms with van der Waals surface area (Å²) in [4.78, 5) is 6.58.